The lowest BCUT2D eigenvalue weighted by Gasteiger charge is -2.15. The van der Waals surface area contributed by atoms with Gasteiger partial charge in [-0.25, -0.2) is 4.98 Å². The number of amides is 1. The number of carbonyl (C=O) groups is 1. The fraction of sp³-hybridized carbons (Fsp3) is 0.143. The Kier molecular flexibility index (Phi) is 4.02. The van der Waals surface area contributed by atoms with Gasteiger partial charge in [-0.3, -0.25) is 4.79 Å². The molecule has 2 aromatic rings. The van der Waals surface area contributed by atoms with Crippen molar-refractivity contribution in [2.24, 2.45) is 0 Å². The highest BCUT2D eigenvalue weighted by Crippen LogP contribution is 2.22. The second-order valence-corrected chi connectivity index (χ2v) is 4.60. The zero-order chi connectivity index (χ0) is 13.8. The van der Waals surface area contributed by atoms with E-state index in [-0.39, 0.29) is 11.9 Å². The molecule has 0 saturated carbocycles. The van der Waals surface area contributed by atoms with E-state index in [1.165, 1.54) is 6.20 Å². The molecule has 1 heterocycles. The predicted molar refractivity (Wildman–Crippen MR) is 76.0 cm³/mol. The number of nitrogens with two attached hydrogens (primary N) is 1. The van der Waals surface area contributed by atoms with Crippen LogP contribution in [0.15, 0.2) is 42.6 Å². The van der Waals surface area contributed by atoms with Crippen molar-refractivity contribution in [3.63, 3.8) is 0 Å². The van der Waals surface area contributed by atoms with E-state index in [4.69, 9.17) is 17.3 Å². The number of carbonyl (C=O) groups excluding carboxylic acids is 1. The van der Waals surface area contributed by atoms with Gasteiger partial charge in [0.1, 0.15) is 5.82 Å². The van der Waals surface area contributed by atoms with E-state index in [0.29, 0.717) is 16.4 Å². The van der Waals surface area contributed by atoms with Crippen LogP contribution in [-0.4, -0.2) is 10.9 Å². The summed E-state index contributed by atoms with van der Waals surface area (Å²) in [7, 11) is 0. The van der Waals surface area contributed by atoms with Crippen LogP contribution in [0.25, 0.3) is 0 Å². The molecule has 0 aliphatic carbocycles. The molecule has 0 bridgehead atoms. The molecular formula is C14H14ClN3O. The first kappa shape index (κ1) is 13.4. The van der Waals surface area contributed by atoms with Crippen molar-refractivity contribution in [1.82, 2.24) is 10.3 Å². The number of nitrogen functional groups attached to an aromatic ring is 1. The van der Waals surface area contributed by atoms with Crippen LogP contribution in [0.3, 0.4) is 0 Å². The Labute approximate surface area is 116 Å². The normalized spacial score (nSPS) is 11.9. The molecule has 19 heavy (non-hydrogen) atoms. The van der Waals surface area contributed by atoms with Gasteiger partial charge in [-0.2, -0.15) is 0 Å². The van der Waals surface area contributed by atoms with Gasteiger partial charge in [-0.1, -0.05) is 29.8 Å². The molecule has 1 atom stereocenters. The van der Waals surface area contributed by atoms with Crippen molar-refractivity contribution >= 4 is 23.3 Å². The number of rotatable bonds is 3. The summed E-state index contributed by atoms with van der Waals surface area (Å²) in [6.07, 6.45) is 1.45. The Bertz CT molecular complexity index is 583. The van der Waals surface area contributed by atoms with Crippen LogP contribution >= 0.6 is 11.6 Å². The third-order valence-electron chi connectivity index (χ3n) is 2.77. The van der Waals surface area contributed by atoms with E-state index < -0.39 is 0 Å². The summed E-state index contributed by atoms with van der Waals surface area (Å²) < 4.78 is 0. The van der Waals surface area contributed by atoms with Gasteiger partial charge in [0.15, 0.2) is 0 Å². The number of benzene rings is 1. The van der Waals surface area contributed by atoms with Crippen molar-refractivity contribution in [3.8, 4) is 0 Å². The van der Waals surface area contributed by atoms with Crippen molar-refractivity contribution in [2.45, 2.75) is 13.0 Å². The fourth-order valence-electron chi connectivity index (χ4n) is 1.72. The van der Waals surface area contributed by atoms with Crippen molar-refractivity contribution in [2.75, 3.05) is 5.73 Å². The second-order valence-electron chi connectivity index (χ2n) is 4.19. The van der Waals surface area contributed by atoms with Crippen LogP contribution < -0.4 is 11.1 Å². The summed E-state index contributed by atoms with van der Waals surface area (Å²) in [5, 5.41) is 3.50. The van der Waals surface area contributed by atoms with Gasteiger partial charge < -0.3 is 11.1 Å². The van der Waals surface area contributed by atoms with E-state index in [2.05, 4.69) is 10.3 Å². The monoisotopic (exact) mass is 275 g/mol. The van der Waals surface area contributed by atoms with E-state index >= 15 is 0 Å². The number of hydrogen-bond acceptors (Lipinski definition) is 3. The highest BCUT2D eigenvalue weighted by molar-refractivity contribution is 6.31. The van der Waals surface area contributed by atoms with Gasteiger partial charge in [0.05, 0.1) is 11.6 Å². The van der Waals surface area contributed by atoms with Crippen molar-refractivity contribution in [1.29, 1.82) is 0 Å². The molecule has 4 nitrogen and oxygen atoms in total. The van der Waals surface area contributed by atoms with Crippen molar-refractivity contribution in [3.05, 3.63) is 58.7 Å². The maximum atomic E-state index is 12.0. The first-order valence-electron chi connectivity index (χ1n) is 5.84. The maximum absolute atomic E-state index is 12.0. The van der Waals surface area contributed by atoms with Crippen molar-refractivity contribution < 1.29 is 4.79 Å². The van der Waals surface area contributed by atoms with E-state index in [1.807, 2.05) is 25.1 Å². The summed E-state index contributed by atoms with van der Waals surface area (Å²) in [5.74, 6) is 0.177. The molecule has 5 heteroatoms. The molecule has 0 unspecified atom stereocenters. The lowest BCUT2D eigenvalue weighted by atomic mass is 10.1. The highest BCUT2D eigenvalue weighted by atomic mass is 35.5. The molecule has 0 radical (unpaired) electrons. The van der Waals surface area contributed by atoms with Gasteiger partial charge in [0.2, 0.25) is 0 Å². The molecule has 0 saturated heterocycles. The van der Waals surface area contributed by atoms with Gasteiger partial charge >= 0.3 is 0 Å². The van der Waals surface area contributed by atoms with Crippen LogP contribution in [0.5, 0.6) is 0 Å². The summed E-state index contributed by atoms with van der Waals surface area (Å²) in [4.78, 5) is 15.9. The molecule has 98 valence electrons. The summed E-state index contributed by atoms with van der Waals surface area (Å²) in [6, 6.07) is 10.5. The SMILES string of the molecule is C[C@H](NC(=O)c1ccc(N)nc1)c1ccccc1Cl. The standard InChI is InChI=1S/C14H14ClN3O/c1-9(11-4-2-3-5-12(11)15)18-14(19)10-6-7-13(16)17-8-10/h2-9H,1H3,(H2,16,17)(H,18,19)/t9-/m0/s1. The van der Waals surface area contributed by atoms with Crippen LogP contribution in [0, 0.1) is 0 Å². The summed E-state index contributed by atoms with van der Waals surface area (Å²) >= 11 is 6.09. The topological polar surface area (TPSA) is 68.0 Å². The molecule has 0 fully saturated rings. The Morgan fingerprint density at radius 2 is 2.05 bits per heavy atom. The van der Waals surface area contributed by atoms with Crippen LogP contribution in [-0.2, 0) is 0 Å². The molecule has 3 N–H and O–H groups in total. The van der Waals surface area contributed by atoms with Crippen LogP contribution in [0.4, 0.5) is 5.82 Å². The Morgan fingerprint density at radius 3 is 2.68 bits per heavy atom. The number of nitrogens with one attached hydrogen (secondary N) is 1. The Morgan fingerprint density at radius 1 is 1.32 bits per heavy atom. The fourth-order valence-corrected chi connectivity index (χ4v) is 2.02. The molecule has 0 spiro atoms. The van der Waals surface area contributed by atoms with Gasteiger partial charge in [0, 0.05) is 11.2 Å². The number of halogens is 1. The first-order valence-corrected chi connectivity index (χ1v) is 6.22. The van der Waals surface area contributed by atoms with Crippen LogP contribution in [0.2, 0.25) is 5.02 Å². The maximum Gasteiger partial charge on any atom is 0.253 e. The molecule has 0 aliphatic rings. The third-order valence-corrected chi connectivity index (χ3v) is 3.11. The average molecular weight is 276 g/mol. The van der Waals surface area contributed by atoms with Gasteiger partial charge in [0.25, 0.3) is 5.91 Å². The number of nitrogens with zero attached hydrogens (tertiary/aromatic N) is 1. The molecule has 0 aliphatic heterocycles. The molecule has 2 rings (SSSR count). The smallest absolute Gasteiger partial charge is 0.253 e. The van der Waals surface area contributed by atoms with E-state index in [9.17, 15) is 4.79 Å². The number of aromatic nitrogens is 1. The first-order chi connectivity index (χ1) is 9.08. The average Bonchev–Trinajstić information content (AvgIpc) is 2.39. The van der Waals surface area contributed by atoms with E-state index in [0.717, 1.165) is 5.56 Å². The summed E-state index contributed by atoms with van der Waals surface area (Å²) in [5.41, 5.74) is 6.82. The lowest BCUT2D eigenvalue weighted by Crippen LogP contribution is -2.26. The van der Waals surface area contributed by atoms with Gasteiger partial charge in [-0.05, 0) is 30.7 Å². The molecule has 1 aromatic carbocycles. The number of pyridine rings is 1. The minimum atomic E-state index is -0.208. The number of anilines is 1. The van der Waals surface area contributed by atoms with Gasteiger partial charge in [-0.15, -0.1) is 0 Å². The summed E-state index contributed by atoms with van der Waals surface area (Å²) in [6.45, 7) is 1.88. The van der Waals surface area contributed by atoms with Crippen LogP contribution in [0.1, 0.15) is 28.9 Å². The number of hydrogen-bond donors (Lipinski definition) is 2. The lowest BCUT2D eigenvalue weighted by molar-refractivity contribution is 0.0939. The van der Waals surface area contributed by atoms with E-state index in [1.54, 1.807) is 18.2 Å². The highest BCUT2D eigenvalue weighted by Gasteiger charge is 2.13. The Hall–Kier alpha value is -2.07. The quantitative estimate of drug-likeness (QED) is 0.905. The zero-order valence-corrected chi connectivity index (χ0v) is 11.2. The molecule has 1 aromatic heterocycles. The predicted octanol–water partition coefficient (Wildman–Crippen LogP) is 2.81. The molecule has 1 amide bonds. The second kappa shape index (κ2) is 5.71. The largest absolute Gasteiger partial charge is 0.384 e. The Balaban J connectivity index is 2.11. The minimum absolute atomic E-state index is 0.182. The molecular weight excluding hydrogens is 262 g/mol. The zero-order valence-electron chi connectivity index (χ0n) is 10.4. The third kappa shape index (κ3) is 3.23. The minimum Gasteiger partial charge on any atom is -0.384 e.